The molecule has 0 aromatic carbocycles. The molecule has 0 aromatic heterocycles. The van der Waals surface area contributed by atoms with E-state index < -0.39 is 0 Å². The molecule has 2 aliphatic heterocycles. The molecule has 0 aromatic rings. The van der Waals surface area contributed by atoms with Crippen molar-refractivity contribution >= 4 is 11.8 Å². The summed E-state index contributed by atoms with van der Waals surface area (Å²) in [5.41, 5.74) is 0. The molecule has 6 heteroatoms. The van der Waals surface area contributed by atoms with E-state index in [0.717, 1.165) is 25.9 Å². The van der Waals surface area contributed by atoms with Crippen LogP contribution in [-0.4, -0.2) is 73.6 Å². The highest BCUT2D eigenvalue weighted by atomic mass is 16.5. The fourth-order valence-electron chi connectivity index (χ4n) is 2.78. The first-order valence-electron chi connectivity index (χ1n) is 7.97. The lowest BCUT2D eigenvalue weighted by molar-refractivity contribution is -0.145. The second kappa shape index (κ2) is 7.75. The van der Waals surface area contributed by atoms with Crippen LogP contribution in [0.25, 0.3) is 0 Å². The summed E-state index contributed by atoms with van der Waals surface area (Å²) in [7, 11) is 0. The molecule has 120 valence electrons. The summed E-state index contributed by atoms with van der Waals surface area (Å²) in [5, 5.41) is 3.28. The Morgan fingerprint density at radius 1 is 1.10 bits per heavy atom. The largest absolute Gasteiger partial charge is 0.368 e. The molecule has 2 saturated heterocycles. The third kappa shape index (κ3) is 4.68. The highest BCUT2D eigenvalue weighted by Crippen LogP contribution is 2.10. The predicted octanol–water partition coefficient (Wildman–Crippen LogP) is 0.0818. The van der Waals surface area contributed by atoms with Crippen LogP contribution in [-0.2, 0) is 14.3 Å². The van der Waals surface area contributed by atoms with E-state index in [1.54, 1.807) is 0 Å². The van der Waals surface area contributed by atoms with Gasteiger partial charge in [-0.2, -0.15) is 0 Å². The molecule has 0 spiro atoms. The third-order valence-corrected chi connectivity index (χ3v) is 4.17. The van der Waals surface area contributed by atoms with Crippen molar-refractivity contribution in [1.29, 1.82) is 0 Å². The maximum Gasteiger partial charge on any atom is 0.248 e. The van der Waals surface area contributed by atoms with Crippen LogP contribution in [0.15, 0.2) is 0 Å². The number of ether oxygens (including phenoxy) is 1. The molecule has 0 aliphatic carbocycles. The smallest absolute Gasteiger partial charge is 0.248 e. The fraction of sp³-hybridized carbons (Fsp3) is 0.867. The van der Waals surface area contributed by atoms with E-state index in [-0.39, 0.29) is 30.4 Å². The van der Waals surface area contributed by atoms with Crippen LogP contribution < -0.4 is 5.32 Å². The molecular weight excluding hydrogens is 270 g/mol. The number of piperazine rings is 1. The molecule has 0 atom stereocenters. The van der Waals surface area contributed by atoms with E-state index in [9.17, 15) is 9.59 Å². The first kappa shape index (κ1) is 16.2. The number of piperidine rings is 1. The molecule has 2 amide bonds. The zero-order valence-corrected chi connectivity index (χ0v) is 13.1. The quantitative estimate of drug-likeness (QED) is 0.798. The summed E-state index contributed by atoms with van der Waals surface area (Å²) in [5.74, 6) is 0.244. The number of amides is 2. The molecule has 2 rings (SSSR count). The van der Waals surface area contributed by atoms with Gasteiger partial charge < -0.3 is 19.9 Å². The Balaban J connectivity index is 1.69. The van der Waals surface area contributed by atoms with Crippen molar-refractivity contribution in [2.24, 2.45) is 5.92 Å². The molecule has 6 nitrogen and oxygen atoms in total. The Kier molecular flexibility index (Phi) is 5.99. The van der Waals surface area contributed by atoms with Gasteiger partial charge in [0.15, 0.2) is 0 Å². The number of hydrogen-bond donors (Lipinski definition) is 1. The normalized spacial score (nSPS) is 20.9. The summed E-state index contributed by atoms with van der Waals surface area (Å²) in [6.07, 6.45) is 2.16. The molecule has 0 unspecified atom stereocenters. The van der Waals surface area contributed by atoms with Crippen LogP contribution >= 0.6 is 0 Å². The third-order valence-electron chi connectivity index (χ3n) is 4.17. The summed E-state index contributed by atoms with van der Waals surface area (Å²) in [6.45, 7) is 8.43. The van der Waals surface area contributed by atoms with Crippen LogP contribution in [0.1, 0.15) is 26.7 Å². The minimum absolute atomic E-state index is 0.0236. The van der Waals surface area contributed by atoms with Crippen molar-refractivity contribution in [3.8, 4) is 0 Å². The maximum absolute atomic E-state index is 12.1. The zero-order valence-electron chi connectivity index (χ0n) is 13.1. The van der Waals surface area contributed by atoms with Crippen molar-refractivity contribution < 1.29 is 14.3 Å². The Bertz CT molecular complexity index is 359. The van der Waals surface area contributed by atoms with E-state index in [1.807, 2.05) is 23.6 Å². The van der Waals surface area contributed by atoms with Gasteiger partial charge in [0.1, 0.15) is 6.61 Å². The number of hydrogen-bond acceptors (Lipinski definition) is 4. The Morgan fingerprint density at radius 2 is 1.67 bits per heavy atom. The molecule has 0 bridgehead atoms. The molecule has 0 saturated carbocycles. The first-order chi connectivity index (χ1) is 10.1. The van der Waals surface area contributed by atoms with Crippen molar-refractivity contribution in [2.45, 2.75) is 32.8 Å². The van der Waals surface area contributed by atoms with Gasteiger partial charge in [-0.05, 0) is 25.9 Å². The highest BCUT2D eigenvalue weighted by molar-refractivity contribution is 5.80. The van der Waals surface area contributed by atoms with E-state index >= 15 is 0 Å². The van der Waals surface area contributed by atoms with Crippen LogP contribution in [0.3, 0.4) is 0 Å². The van der Waals surface area contributed by atoms with Gasteiger partial charge in [-0.15, -0.1) is 0 Å². The van der Waals surface area contributed by atoms with Crippen molar-refractivity contribution in [1.82, 2.24) is 15.1 Å². The monoisotopic (exact) mass is 297 g/mol. The van der Waals surface area contributed by atoms with Gasteiger partial charge in [0.25, 0.3) is 0 Å². The van der Waals surface area contributed by atoms with E-state index in [2.05, 4.69) is 5.32 Å². The lowest BCUT2D eigenvalue weighted by atomic mass is 10.1. The van der Waals surface area contributed by atoms with E-state index in [4.69, 9.17) is 4.74 Å². The number of carbonyl (C=O) groups excluding carboxylic acids is 2. The summed E-state index contributed by atoms with van der Waals surface area (Å²) in [6, 6.07) is 0. The van der Waals surface area contributed by atoms with Crippen LogP contribution in [0, 0.1) is 5.92 Å². The van der Waals surface area contributed by atoms with Crippen LogP contribution in [0.5, 0.6) is 0 Å². The van der Waals surface area contributed by atoms with Gasteiger partial charge in [0.05, 0.1) is 6.10 Å². The second-order valence-electron chi connectivity index (χ2n) is 6.12. The van der Waals surface area contributed by atoms with Gasteiger partial charge in [-0.3, -0.25) is 9.59 Å². The van der Waals surface area contributed by atoms with Gasteiger partial charge in [-0.1, -0.05) is 13.8 Å². The number of nitrogens with one attached hydrogen (secondary N) is 1. The number of carbonyl (C=O) groups is 2. The topological polar surface area (TPSA) is 61.9 Å². The Morgan fingerprint density at radius 3 is 2.24 bits per heavy atom. The van der Waals surface area contributed by atoms with Gasteiger partial charge in [0.2, 0.25) is 11.8 Å². The van der Waals surface area contributed by atoms with E-state index in [0.29, 0.717) is 26.2 Å². The van der Waals surface area contributed by atoms with Crippen molar-refractivity contribution in [3.05, 3.63) is 0 Å². The second-order valence-corrected chi connectivity index (χ2v) is 6.12. The molecule has 2 aliphatic rings. The minimum atomic E-state index is 0.0236. The van der Waals surface area contributed by atoms with Gasteiger partial charge >= 0.3 is 0 Å². The zero-order chi connectivity index (χ0) is 15.2. The minimum Gasteiger partial charge on any atom is -0.368 e. The first-order valence-corrected chi connectivity index (χ1v) is 7.97. The number of rotatable bonds is 4. The lowest BCUT2D eigenvalue weighted by Crippen LogP contribution is -2.52. The van der Waals surface area contributed by atoms with Crippen molar-refractivity contribution in [2.75, 3.05) is 45.9 Å². The highest BCUT2D eigenvalue weighted by Gasteiger charge is 2.26. The summed E-state index contributed by atoms with van der Waals surface area (Å²) >= 11 is 0. The average Bonchev–Trinajstić information content (AvgIpc) is 2.53. The van der Waals surface area contributed by atoms with Crippen LogP contribution in [0.2, 0.25) is 0 Å². The molecule has 2 fully saturated rings. The standard InChI is InChI=1S/C15H27N3O3/c1-12(2)15(20)18-9-7-17(8-10-18)14(19)11-21-13-3-5-16-6-4-13/h12-13,16H,3-11H2,1-2H3. The maximum atomic E-state index is 12.1. The van der Waals surface area contributed by atoms with Crippen molar-refractivity contribution in [3.63, 3.8) is 0 Å². The average molecular weight is 297 g/mol. The lowest BCUT2D eigenvalue weighted by Gasteiger charge is -2.36. The Hall–Kier alpha value is -1.14. The molecule has 0 radical (unpaired) electrons. The van der Waals surface area contributed by atoms with E-state index in [1.165, 1.54) is 0 Å². The SMILES string of the molecule is CC(C)C(=O)N1CCN(C(=O)COC2CCNCC2)CC1. The molecule has 2 heterocycles. The van der Waals surface area contributed by atoms with Gasteiger partial charge in [-0.25, -0.2) is 0 Å². The molecule has 21 heavy (non-hydrogen) atoms. The Labute approximate surface area is 126 Å². The summed E-state index contributed by atoms with van der Waals surface area (Å²) < 4.78 is 5.70. The molecule has 1 N–H and O–H groups in total. The summed E-state index contributed by atoms with van der Waals surface area (Å²) in [4.78, 5) is 27.7. The predicted molar refractivity (Wildman–Crippen MR) is 79.8 cm³/mol. The molecular formula is C15H27N3O3. The fourth-order valence-corrected chi connectivity index (χ4v) is 2.78. The van der Waals surface area contributed by atoms with Crippen LogP contribution in [0.4, 0.5) is 0 Å². The van der Waals surface area contributed by atoms with Gasteiger partial charge in [0, 0.05) is 32.1 Å². The number of nitrogens with zero attached hydrogens (tertiary/aromatic N) is 2.